The Morgan fingerprint density at radius 2 is 1.96 bits per heavy atom. The molecule has 23 heavy (non-hydrogen) atoms. The predicted octanol–water partition coefficient (Wildman–Crippen LogP) is 3.17. The molecule has 2 N–H and O–H groups in total. The van der Waals surface area contributed by atoms with Crippen LogP contribution < -0.4 is 10.6 Å². The van der Waals surface area contributed by atoms with E-state index < -0.39 is 0 Å². The van der Waals surface area contributed by atoms with E-state index in [2.05, 4.69) is 53.1 Å². The molecule has 0 spiro atoms. The summed E-state index contributed by atoms with van der Waals surface area (Å²) >= 11 is 1.83. The number of halogens is 1. The fraction of sp³-hybridized carbons (Fsp3) is 0.588. The Balaban J connectivity index is 0.00000484. The molecule has 0 heterocycles. The van der Waals surface area contributed by atoms with Gasteiger partial charge in [0.25, 0.3) is 0 Å². The van der Waals surface area contributed by atoms with E-state index in [-0.39, 0.29) is 24.0 Å². The van der Waals surface area contributed by atoms with Gasteiger partial charge in [-0.15, -0.1) is 24.0 Å². The lowest BCUT2D eigenvalue weighted by atomic mass is 10.2. The summed E-state index contributed by atoms with van der Waals surface area (Å²) in [6.45, 7) is 6.25. The second-order valence-corrected chi connectivity index (χ2v) is 5.87. The number of guanidine groups is 1. The number of hydrogen-bond donors (Lipinski definition) is 2. The van der Waals surface area contributed by atoms with Crippen molar-refractivity contribution in [1.82, 2.24) is 10.6 Å². The maximum atomic E-state index is 5.66. The lowest BCUT2D eigenvalue weighted by Gasteiger charge is -2.10. The van der Waals surface area contributed by atoms with Crippen LogP contribution in [-0.4, -0.2) is 50.8 Å². The van der Waals surface area contributed by atoms with Gasteiger partial charge in [0, 0.05) is 32.0 Å². The molecule has 0 aliphatic carbocycles. The number of nitrogens with one attached hydrogen (secondary N) is 2. The van der Waals surface area contributed by atoms with E-state index in [1.54, 1.807) is 0 Å². The van der Waals surface area contributed by atoms with Crippen molar-refractivity contribution in [1.29, 1.82) is 0 Å². The molecule has 1 aromatic carbocycles. The lowest BCUT2D eigenvalue weighted by Crippen LogP contribution is -2.38. The van der Waals surface area contributed by atoms with Gasteiger partial charge in [0.15, 0.2) is 5.96 Å². The molecule has 0 aliphatic rings. The van der Waals surface area contributed by atoms with E-state index >= 15 is 0 Å². The second kappa shape index (κ2) is 16.4. The lowest BCUT2D eigenvalue weighted by molar-refractivity contribution is 0.136. The molecule has 0 saturated heterocycles. The van der Waals surface area contributed by atoms with Gasteiger partial charge in [-0.25, -0.2) is 0 Å². The Bertz CT molecular complexity index is 404. The maximum Gasteiger partial charge on any atom is 0.191 e. The number of thioether (sulfide) groups is 1. The quantitative estimate of drug-likeness (QED) is 0.235. The molecule has 1 rings (SSSR count). The van der Waals surface area contributed by atoms with Crippen LogP contribution in [0.25, 0.3) is 0 Å². The highest BCUT2D eigenvalue weighted by atomic mass is 127. The molecule has 0 atom stereocenters. The number of ether oxygens (including phenoxy) is 1. The number of benzene rings is 1. The molecule has 6 heteroatoms. The molecule has 0 aliphatic heterocycles. The van der Waals surface area contributed by atoms with Crippen LogP contribution in [0.4, 0.5) is 0 Å². The average molecular weight is 451 g/mol. The van der Waals surface area contributed by atoms with Crippen LogP contribution in [0.15, 0.2) is 35.3 Å². The summed E-state index contributed by atoms with van der Waals surface area (Å²) < 4.78 is 5.66. The number of nitrogens with zero attached hydrogens (tertiary/aromatic N) is 1. The van der Waals surface area contributed by atoms with Gasteiger partial charge in [0.05, 0.1) is 6.61 Å². The fourth-order valence-electron chi connectivity index (χ4n) is 1.91. The SMILES string of the molecule is CCNC(=NCCCOCCc1ccccc1)NCCSC.I. The van der Waals surface area contributed by atoms with Crippen LogP contribution in [-0.2, 0) is 11.2 Å². The first-order valence-electron chi connectivity index (χ1n) is 7.99. The summed E-state index contributed by atoms with van der Waals surface area (Å²) in [5, 5.41) is 6.58. The third-order valence-electron chi connectivity index (χ3n) is 3.04. The van der Waals surface area contributed by atoms with E-state index in [1.165, 1.54) is 5.56 Å². The predicted molar refractivity (Wildman–Crippen MR) is 113 cm³/mol. The molecule has 0 radical (unpaired) electrons. The first-order valence-corrected chi connectivity index (χ1v) is 9.39. The van der Waals surface area contributed by atoms with Crippen molar-refractivity contribution in [2.75, 3.05) is 44.9 Å². The van der Waals surface area contributed by atoms with E-state index in [9.17, 15) is 0 Å². The summed E-state index contributed by atoms with van der Waals surface area (Å²) in [6.07, 6.45) is 4.04. The van der Waals surface area contributed by atoms with Crippen LogP contribution in [0.2, 0.25) is 0 Å². The molecule has 132 valence electrons. The molecule has 0 aromatic heterocycles. The first-order chi connectivity index (χ1) is 10.9. The van der Waals surface area contributed by atoms with Crippen molar-refractivity contribution in [2.45, 2.75) is 19.8 Å². The molecule has 0 unspecified atom stereocenters. The Kier molecular flexibility index (Phi) is 16.1. The molecule has 0 amide bonds. The zero-order valence-corrected chi connectivity index (χ0v) is 17.4. The minimum Gasteiger partial charge on any atom is -0.381 e. The van der Waals surface area contributed by atoms with Gasteiger partial charge >= 0.3 is 0 Å². The Morgan fingerprint density at radius 3 is 2.65 bits per heavy atom. The molecule has 1 aromatic rings. The maximum absolute atomic E-state index is 5.66. The molecular formula is C17H30IN3OS. The number of hydrogen-bond acceptors (Lipinski definition) is 3. The molecular weight excluding hydrogens is 421 g/mol. The van der Waals surface area contributed by atoms with Gasteiger partial charge in [-0.05, 0) is 31.6 Å². The van der Waals surface area contributed by atoms with Crippen LogP contribution >= 0.6 is 35.7 Å². The van der Waals surface area contributed by atoms with Gasteiger partial charge in [0.2, 0.25) is 0 Å². The van der Waals surface area contributed by atoms with E-state index in [0.717, 1.165) is 57.4 Å². The summed E-state index contributed by atoms with van der Waals surface area (Å²) in [5.41, 5.74) is 1.33. The van der Waals surface area contributed by atoms with Crippen LogP contribution in [0.3, 0.4) is 0 Å². The van der Waals surface area contributed by atoms with Gasteiger partial charge in [0.1, 0.15) is 0 Å². The van der Waals surface area contributed by atoms with Crippen LogP contribution in [0.5, 0.6) is 0 Å². The van der Waals surface area contributed by atoms with Crippen molar-refractivity contribution in [3.8, 4) is 0 Å². The fourth-order valence-corrected chi connectivity index (χ4v) is 2.21. The second-order valence-electron chi connectivity index (χ2n) is 4.88. The highest BCUT2D eigenvalue weighted by molar-refractivity contribution is 14.0. The van der Waals surface area contributed by atoms with Gasteiger partial charge in [-0.2, -0.15) is 11.8 Å². The summed E-state index contributed by atoms with van der Waals surface area (Å²) in [7, 11) is 0. The summed E-state index contributed by atoms with van der Waals surface area (Å²) in [5.74, 6) is 1.99. The molecule has 0 bridgehead atoms. The van der Waals surface area contributed by atoms with Crippen LogP contribution in [0.1, 0.15) is 18.9 Å². The van der Waals surface area contributed by atoms with E-state index in [4.69, 9.17) is 4.74 Å². The number of aliphatic imine (C=N–C) groups is 1. The minimum atomic E-state index is 0. The molecule has 0 saturated carbocycles. The zero-order valence-electron chi connectivity index (χ0n) is 14.2. The van der Waals surface area contributed by atoms with Crippen molar-refractivity contribution in [3.63, 3.8) is 0 Å². The Hall–Kier alpha value is -0.470. The largest absolute Gasteiger partial charge is 0.381 e. The number of rotatable bonds is 11. The van der Waals surface area contributed by atoms with Gasteiger partial charge in [-0.3, -0.25) is 4.99 Å². The average Bonchev–Trinajstić information content (AvgIpc) is 2.55. The third-order valence-corrected chi connectivity index (χ3v) is 3.65. The standard InChI is InChI=1S/C17H29N3OS.HI/c1-3-18-17(20-12-15-22-2)19-11-7-13-21-14-10-16-8-5-4-6-9-16;/h4-6,8-9H,3,7,10-15H2,1-2H3,(H2,18,19,20);1H. The topological polar surface area (TPSA) is 45.7 Å². The third kappa shape index (κ3) is 12.6. The first kappa shape index (κ1) is 22.5. The monoisotopic (exact) mass is 451 g/mol. The summed E-state index contributed by atoms with van der Waals surface area (Å²) in [4.78, 5) is 4.55. The normalized spacial score (nSPS) is 11.0. The smallest absolute Gasteiger partial charge is 0.191 e. The van der Waals surface area contributed by atoms with Crippen molar-refractivity contribution in [3.05, 3.63) is 35.9 Å². The van der Waals surface area contributed by atoms with Crippen molar-refractivity contribution < 1.29 is 4.74 Å². The van der Waals surface area contributed by atoms with Crippen molar-refractivity contribution >= 4 is 41.7 Å². The van der Waals surface area contributed by atoms with Gasteiger partial charge in [-0.1, -0.05) is 30.3 Å². The van der Waals surface area contributed by atoms with E-state index in [1.807, 2.05) is 17.8 Å². The molecule has 0 fully saturated rings. The highest BCUT2D eigenvalue weighted by Crippen LogP contribution is 1.99. The van der Waals surface area contributed by atoms with E-state index in [0.29, 0.717) is 0 Å². The molecule has 4 nitrogen and oxygen atoms in total. The zero-order chi connectivity index (χ0) is 15.9. The summed E-state index contributed by atoms with van der Waals surface area (Å²) in [6, 6.07) is 10.4. The van der Waals surface area contributed by atoms with Gasteiger partial charge < -0.3 is 15.4 Å². The Morgan fingerprint density at radius 1 is 1.17 bits per heavy atom. The van der Waals surface area contributed by atoms with Crippen molar-refractivity contribution in [2.24, 2.45) is 4.99 Å². The minimum absolute atomic E-state index is 0. The van der Waals surface area contributed by atoms with Crippen LogP contribution in [0, 0.1) is 0 Å². The Labute approximate surface area is 162 Å². The highest BCUT2D eigenvalue weighted by Gasteiger charge is 1.96.